The van der Waals surface area contributed by atoms with E-state index in [-0.39, 0.29) is 12.0 Å². The molecule has 5 rings (SSSR count). The SMILES string of the molecule is C[C@]12CCc3occc3[C@H]1CC[C@@]13C[C@@H](CC[C@@H]12)[C@@](O)(CO)C3. The Morgan fingerprint density at radius 3 is 2.96 bits per heavy atom. The van der Waals surface area contributed by atoms with E-state index in [1.54, 1.807) is 0 Å². The van der Waals surface area contributed by atoms with Crippen molar-refractivity contribution in [3.05, 3.63) is 23.7 Å². The Kier molecular flexibility index (Phi) is 2.80. The number of aryl methyl sites for hydroxylation is 1. The number of hydrogen-bond acceptors (Lipinski definition) is 3. The van der Waals surface area contributed by atoms with Crippen LogP contribution in [0.2, 0.25) is 0 Å². The molecule has 0 radical (unpaired) electrons. The lowest BCUT2D eigenvalue weighted by Crippen LogP contribution is -2.51. The summed E-state index contributed by atoms with van der Waals surface area (Å²) in [6.07, 6.45) is 10.9. The average molecular weight is 316 g/mol. The molecule has 2 N–H and O–H groups in total. The van der Waals surface area contributed by atoms with Gasteiger partial charge in [0.05, 0.1) is 18.5 Å². The third-order valence-electron chi connectivity index (χ3n) is 8.46. The van der Waals surface area contributed by atoms with E-state index in [2.05, 4.69) is 13.0 Å². The molecule has 1 aromatic rings. The molecule has 3 saturated carbocycles. The topological polar surface area (TPSA) is 53.6 Å². The smallest absolute Gasteiger partial charge is 0.107 e. The largest absolute Gasteiger partial charge is 0.469 e. The van der Waals surface area contributed by atoms with Gasteiger partial charge in [0.15, 0.2) is 0 Å². The molecule has 1 heterocycles. The van der Waals surface area contributed by atoms with Crippen molar-refractivity contribution in [2.45, 2.75) is 69.8 Å². The molecule has 3 nitrogen and oxygen atoms in total. The molecule has 4 aliphatic carbocycles. The monoisotopic (exact) mass is 316 g/mol. The second kappa shape index (κ2) is 4.43. The van der Waals surface area contributed by atoms with Crippen LogP contribution in [0.4, 0.5) is 0 Å². The van der Waals surface area contributed by atoms with Gasteiger partial charge in [-0.1, -0.05) is 6.92 Å². The second-order valence-corrected chi connectivity index (χ2v) is 9.23. The van der Waals surface area contributed by atoms with Crippen LogP contribution in [0.25, 0.3) is 0 Å². The van der Waals surface area contributed by atoms with Crippen molar-refractivity contribution in [2.24, 2.45) is 22.7 Å². The van der Waals surface area contributed by atoms with Gasteiger partial charge >= 0.3 is 0 Å². The zero-order valence-corrected chi connectivity index (χ0v) is 14.1. The van der Waals surface area contributed by atoms with Gasteiger partial charge in [0, 0.05) is 6.42 Å². The highest BCUT2D eigenvalue weighted by molar-refractivity contribution is 5.31. The molecule has 1 aromatic heterocycles. The standard InChI is InChI=1S/C20H28O3/c1-18-7-5-16-14(6-9-23-16)15(18)4-8-19-10-13(2-3-17(18)19)20(22,11-19)12-21/h6,9,13,15,17,21-22H,2-5,7-8,10-12H2,1H3/t13-,15-,17-,18+,19+,20+/m1/s1. The highest BCUT2D eigenvalue weighted by Crippen LogP contribution is 2.71. The van der Waals surface area contributed by atoms with Gasteiger partial charge < -0.3 is 14.6 Å². The average Bonchev–Trinajstić information content (AvgIpc) is 3.09. The second-order valence-electron chi connectivity index (χ2n) is 9.23. The number of hydrogen-bond donors (Lipinski definition) is 2. The van der Waals surface area contributed by atoms with Crippen molar-refractivity contribution in [3.8, 4) is 0 Å². The van der Waals surface area contributed by atoms with Crippen molar-refractivity contribution in [1.82, 2.24) is 0 Å². The summed E-state index contributed by atoms with van der Waals surface area (Å²) in [7, 11) is 0. The first-order chi connectivity index (χ1) is 11.0. The summed E-state index contributed by atoms with van der Waals surface area (Å²) in [4.78, 5) is 0. The Hall–Kier alpha value is -0.800. The molecule has 0 aromatic carbocycles. The molecule has 6 atom stereocenters. The van der Waals surface area contributed by atoms with Crippen molar-refractivity contribution < 1.29 is 14.6 Å². The van der Waals surface area contributed by atoms with E-state index in [1.807, 2.05) is 6.26 Å². The maximum Gasteiger partial charge on any atom is 0.107 e. The van der Waals surface area contributed by atoms with Crippen LogP contribution in [0.3, 0.4) is 0 Å². The lowest BCUT2D eigenvalue weighted by Gasteiger charge is -2.59. The van der Waals surface area contributed by atoms with Crippen LogP contribution in [0.15, 0.2) is 16.7 Å². The van der Waals surface area contributed by atoms with Crippen molar-refractivity contribution >= 4 is 0 Å². The summed E-state index contributed by atoms with van der Waals surface area (Å²) in [5.74, 6) is 2.85. The Bertz CT molecular complexity index is 637. The van der Waals surface area contributed by atoms with E-state index in [1.165, 1.54) is 37.0 Å². The van der Waals surface area contributed by atoms with Crippen molar-refractivity contribution in [3.63, 3.8) is 0 Å². The summed E-state index contributed by atoms with van der Waals surface area (Å²) in [6.45, 7) is 2.45. The highest BCUT2D eigenvalue weighted by Gasteiger charge is 2.65. The Balaban J connectivity index is 1.56. The predicted octanol–water partition coefficient (Wildman–Crippen LogP) is 3.64. The third-order valence-corrected chi connectivity index (χ3v) is 8.46. The summed E-state index contributed by atoms with van der Waals surface area (Å²) < 4.78 is 5.72. The van der Waals surface area contributed by atoms with E-state index in [9.17, 15) is 10.2 Å². The van der Waals surface area contributed by atoms with Crippen LogP contribution >= 0.6 is 0 Å². The van der Waals surface area contributed by atoms with E-state index in [4.69, 9.17) is 4.42 Å². The summed E-state index contributed by atoms with van der Waals surface area (Å²) in [5, 5.41) is 20.7. The normalized spacial score (nSPS) is 51.0. The van der Waals surface area contributed by atoms with Crippen LogP contribution in [0, 0.1) is 22.7 Å². The van der Waals surface area contributed by atoms with Gasteiger partial charge in [0.25, 0.3) is 0 Å². The van der Waals surface area contributed by atoms with Crippen LogP contribution in [-0.4, -0.2) is 22.4 Å². The van der Waals surface area contributed by atoms with Gasteiger partial charge in [-0.25, -0.2) is 0 Å². The number of fused-ring (bicyclic) bond motifs is 5. The highest BCUT2D eigenvalue weighted by atomic mass is 16.3. The zero-order chi connectivity index (χ0) is 15.9. The first-order valence-corrected chi connectivity index (χ1v) is 9.40. The molecular formula is C20H28O3. The van der Waals surface area contributed by atoms with Gasteiger partial charge in [-0.05, 0) is 85.2 Å². The Morgan fingerprint density at radius 1 is 1.26 bits per heavy atom. The fourth-order valence-corrected chi connectivity index (χ4v) is 7.51. The molecule has 23 heavy (non-hydrogen) atoms. The van der Waals surface area contributed by atoms with Crippen LogP contribution in [0.5, 0.6) is 0 Å². The Morgan fingerprint density at radius 2 is 2.13 bits per heavy atom. The minimum Gasteiger partial charge on any atom is -0.469 e. The maximum atomic E-state index is 10.9. The Labute approximate surface area is 138 Å². The predicted molar refractivity (Wildman–Crippen MR) is 87.0 cm³/mol. The molecule has 4 aliphatic rings. The van der Waals surface area contributed by atoms with E-state index in [0.29, 0.717) is 23.2 Å². The van der Waals surface area contributed by atoms with Gasteiger partial charge in [-0.3, -0.25) is 0 Å². The molecule has 1 spiro atoms. The molecular weight excluding hydrogens is 288 g/mol. The minimum atomic E-state index is -0.812. The van der Waals surface area contributed by atoms with Gasteiger partial charge in [0.2, 0.25) is 0 Å². The summed E-state index contributed by atoms with van der Waals surface area (Å²) in [6, 6.07) is 2.21. The molecule has 3 heteroatoms. The third kappa shape index (κ3) is 1.68. The van der Waals surface area contributed by atoms with E-state index < -0.39 is 5.60 Å². The van der Waals surface area contributed by atoms with Crippen LogP contribution in [-0.2, 0) is 6.42 Å². The zero-order valence-electron chi connectivity index (χ0n) is 14.1. The molecule has 2 bridgehead atoms. The molecule has 0 saturated heterocycles. The molecule has 0 amide bonds. The lowest BCUT2D eigenvalue weighted by molar-refractivity contribution is -0.0727. The van der Waals surface area contributed by atoms with Gasteiger partial charge in [-0.2, -0.15) is 0 Å². The summed E-state index contributed by atoms with van der Waals surface area (Å²) >= 11 is 0. The number of aliphatic hydroxyl groups excluding tert-OH is 1. The number of aliphatic hydroxyl groups is 2. The maximum absolute atomic E-state index is 10.9. The summed E-state index contributed by atoms with van der Waals surface area (Å²) in [5.41, 5.74) is 1.26. The van der Waals surface area contributed by atoms with E-state index in [0.717, 1.165) is 25.7 Å². The van der Waals surface area contributed by atoms with Crippen LogP contribution < -0.4 is 0 Å². The molecule has 3 fully saturated rings. The number of rotatable bonds is 1. The minimum absolute atomic E-state index is 0.0574. The number of furan rings is 1. The molecule has 126 valence electrons. The fourth-order valence-electron chi connectivity index (χ4n) is 7.51. The van der Waals surface area contributed by atoms with Crippen molar-refractivity contribution in [1.29, 1.82) is 0 Å². The van der Waals surface area contributed by atoms with Crippen molar-refractivity contribution in [2.75, 3.05) is 6.61 Å². The van der Waals surface area contributed by atoms with Gasteiger partial charge in [-0.15, -0.1) is 0 Å². The van der Waals surface area contributed by atoms with Crippen LogP contribution in [0.1, 0.15) is 69.1 Å². The molecule has 0 aliphatic heterocycles. The first-order valence-electron chi connectivity index (χ1n) is 9.40. The first kappa shape index (κ1) is 14.5. The quantitative estimate of drug-likeness (QED) is 0.831. The fraction of sp³-hybridized carbons (Fsp3) is 0.800. The molecule has 0 unspecified atom stereocenters. The van der Waals surface area contributed by atoms with Gasteiger partial charge in [0.1, 0.15) is 5.76 Å². The van der Waals surface area contributed by atoms with E-state index >= 15 is 0 Å². The lowest BCUT2D eigenvalue weighted by atomic mass is 9.45.